The van der Waals surface area contributed by atoms with Gasteiger partial charge in [-0.15, -0.1) is 0 Å². The van der Waals surface area contributed by atoms with Gasteiger partial charge in [-0.05, 0) is 56.2 Å². The quantitative estimate of drug-likeness (QED) is 0.186. The maximum absolute atomic E-state index is 14.6. The number of oxazole rings is 1. The van der Waals surface area contributed by atoms with E-state index in [-0.39, 0.29) is 35.5 Å². The fourth-order valence-corrected chi connectivity index (χ4v) is 7.20. The molecule has 0 bridgehead atoms. The maximum Gasteiger partial charge on any atom is 0.374 e. The number of esters is 1. The number of carbonyl (C=O) groups excluding carboxylic acids is 2. The minimum atomic E-state index is -4.10. The first-order valence-electron chi connectivity index (χ1n) is 15.1. The molecule has 11 nitrogen and oxygen atoms in total. The van der Waals surface area contributed by atoms with Crippen molar-refractivity contribution in [2.24, 2.45) is 0 Å². The van der Waals surface area contributed by atoms with E-state index < -0.39 is 16.0 Å². The van der Waals surface area contributed by atoms with Crippen LogP contribution in [0.2, 0.25) is 0 Å². The van der Waals surface area contributed by atoms with Gasteiger partial charge in [-0.2, -0.15) is 0 Å². The first kappa shape index (κ1) is 30.9. The second kappa shape index (κ2) is 13.1. The third-order valence-corrected chi connectivity index (χ3v) is 9.91. The van der Waals surface area contributed by atoms with Crippen molar-refractivity contribution in [1.29, 1.82) is 0 Å². The summed E-state index contributed by atoms with van der Waals surface area (Å²) in [7, 11) is -4.10. The zero-order valence-electron chi connectivity index (χ0n) is 25.6. The number of anilines is 2. The van der Waals surface area contributed by atoms with Gasteiger partial charge in [0.2, 0.25) is 11.5 Å². The van der Waals surface area contributed by atoms with E-state index in [1.54, 1.807) is 30.9 Å². The maximum atomic E-state index is 14.6. The molecular weight excluding hydrogens is 608 g/mol. The number of piperazine rings is 1. The molecule has 6 rings (SSSR count). The fraction of sp³-hybridized carbons (Fsp3) is 0.265. The molecule has 46 heavy (non-hydrogen) atoms. The van der Waals surface area contributed by atoms with Gasteiger partial charge < -0.3 is 23.4 Å². The highest BCUT2D eigenvalue weighted by atomic mass is 32.2. The summed E-state index contributed by atoms with van der Waals surface area (Å²) in [5.41, 5.74) is 3.19. The molecule has 0 spiro atoms. The molecule has 1 amide bonds. The van der Waals surface area contributed by atoms with Gasteiger partial charge in [0.15, 0.2) is 6.39 Å². The first-order valence-corrected chi connectivity index (χ1v) is 16.5. The van der Waals surface area contributed by atoms with E-state index in [2.05, 4.69) is 9.88 Å². The smallest absolute Gasteiger partial charge is 0.374 e. The molecule has 3 heterocycles. The summed E-state index contributed by atoms with van der Waals surface area (Å²) in [5.74, 6) is -0.583. The van der Waals surface area contributed by atoms with Crippen LogP contribution >= 0.6 is 0 Å². The Labute approximate surface area is 267 Å². The zero-order chi connectivity index (χ0) is 32.3. The van der Waals surface area contributed by atoms with E-state index in [1.165, 1.54) is 23.0 Å². The van der Waals surface area contributed by atoms with E-state index in [4.69, 9.17) is 13.6 Å². The van der Waals surface area contributed by atoms with Crippen molar-refractivity contribution in [2.45, 2.75) is 25.2 Å². The summed E-state index contributed by atoms with van der Waals surface area (Å²) in [6.45, 7) is 5.67. The zero-order valence-corrected chi connectivity index (χ0v) is 26.4. The highest BCUT2D eigenvalue weighted by Crippen LogP contribution is 2.36. The number of hydrogen-bond donors (Lipinski definition) is 0. The molecule has 3 aromatic carbocycles. The molecule has 1 aliphatic heterocycles. The number of amides is 1. The van der Waals surface area contributed by atoms with Crippen LogP contribution in [0.3, 0.4) is 0 Å². The highest BCUT2D eigenvalue weighted by molar-refractivity contribution is 7.92. The Morgan fingerprint density at radius 2 is 1.72 bits per heavy atom. The number of ether oxygens (including phenoxy) is 1. The summed E-state index contributed by atoms with van der Waals surface area (Å²) in [6.07, 6.45) is 3.11. The number of furan rings is 1. The summed E-state index contributed by atoms with van der Waals surface area (Å²) in [4.78, 5) is 33.0. The average Bonchev–Trinajstić information content (AvgIpc) is 3.74. The van der Waals surface area contributed by atoms with E-state index >= 15 is 0 Å². The molecule has 1 fully saturated rings. The molecule has 1 saturated heterocycles. The molecule has 2 aromatic heterocycles. The van der Waals surface area contributed by atoms with Crippen LogP contribution in [-0.4, -0.2) is 69.5 Å². The largest absolute Gasteiger partial charge is 0.460 e. The number of hydrogen-bond acceptors (Lipinski definition) is 9. The Bertz CT molecular complexity index is 1950. The van der Waals surface area contributed by atoms with E-state index in [1.807, 2.05) is 54.6 Å². The number of benzene rings is 3. The minimum Gasteiger partial charge on any atom is -0.460 e. The lowest BCUT2D eigenvalue weighted by Gasteiger charge is -2.38. The SMILES string of the molecule is CCOC(=O)c1oc2ccc(S(=O)(=O)N(CCc3ccccc3)c3ccccc3N3CCN(C(=O)c4cnco4)CC3)cc2c1C. The number of rotatable bonds is 10. The summed E-state index contributed by atoms with van der Waals surface area (Å²) in [6, 6.07) is 21.8. The van der Waals surface area contributed by atoms with Crippen LogP contribution in [0.15, 0.2) is 99.1 Å². The molecule has 5 aromatic rings. The Kier molecular flexibility index (Phi) is 8.80. The highest BCUT2D eigenvalue weighted by Gasteiger charge is 2.31. The Hall–Kier alpha value is -5.10. The number of sulfonamides is 1. The van der Waals surface area contributed by atoms with Gasteiger partial charge in [-0.25, -0.2) is 18.2 Å². The lowest BCUT2D eigenvalue weighted by atomic mass is 10.1. The van der Waals surface area contributed by atoms with Crippen molar-refractivity contribution in [3.8, 4) is 0 Å². The molecule has 12 heteroatoms. The molecule has 0 unspecified atom stereocenters. The Balaban J connectivity index is 1.34. The van der Waals surface area contributed by atoms with Gasteiger partial charge >= 0.3 is 5.97 Å². The summed E-state index contributed by atoms with van der Waals surface area (Å²) < 4.78 is 46.7. The van der Waals surface area contributed by atoms with Crippen molar-refractivity contribution in [3.63, 3.8) is 0 Å². The molecule has 0 N–H and O–H groups in total. The molecule has 0 aliphatic carbocycles. The van der Waals surface area contributed by atoms with Crippen molar-refractivity contribution in [1.82, 2.24) is 9.88 Å². The normalized spacial score (nSPS) is 13.6. The van der Waals surface area contributed by atoms with Crippen molar-refractivity contribution >= 4 is 44.2 Å². The van der Waals surface area contributed by atoms with Crippen LogP contribution in [0.5, 0.6) is 0 Å². The first-order chi connectivity index (χ1) is 22.3. The van der Waals surface area contributed by atoms with Crippen LogP contribution in [0.4, 0.5) is 11.4 Å². The number of nitrogens with zero attached hydrogens (tertiary/aromatic N) is 4. The topological polar surface area (TPSA) is 126 Å². The fourth-order valence-electron chi connectivity index (χ4n) is 5.69. The van der Waals surface area contributed by atoms with Crippen molar-refractivity contribution < 1.29 is 31.6 Å². The lowest BCUT2D eigenvalue weighted by Crippen LogP contribution is -2.49. The van der Waals surface area contributed by atoms with Gasteiger partial charge in [-0.1, -0.05) is 42.5 Å². The van der Waals surface area contributed by atoms with E-state index in [0.29, 0.717) is 54.8 Å². The third kappa shape index (κ3) is 6.08. The van der Waals surface area contributed by atoms with Crippen LogP contribution in [-0.2, 0) is 21.2 Å². The Morgan fingerprint density at radius 1 is 0.978 bits per heavy atom. The molecule has 1 aliphatic rings. The lowest BCUT2D eigenvalue weighted by molar-refractivity contribution is 0.0491. The summed E-state index contributed by atoms with van der Waals surface area (Å²) in [5, 5.41) is 0.521. The number of aromatic nitrogens is 1. The van der Waals surface area contributed by atoms with Crippen LogP contribution in [0, 0.1) is 6.92 Å². The Morgan fingerprint density at radius 3 is 2.43 bits per heavy atom. The van der Waals surface area contributed by atoms with Crippen LogP contribution in [0.25, 0.3) is 11.0 Å². The number of para-hydroxylation sites is 2. The van der Waals surface area contributed by atoms with Crippen molar-refractivity contribution in [2.75, 3.05) is 48.5 Å². The van der Waals surface area contributed by atoms with Crippen LogP contribution in [0.1, 0.15) is 39.2 Å². The van der Waals surface area contributed by atoms with Gasteiger partial charge in [0, 0.05) is 43.7 Å². The third-order valence-electron chi connectivity index (χ3n) is 8.10. The van der Waals surface area contributed by atoms with Gasteiger partial charge in [-0.3, -0.25) is 9.10 Å². The predicted octanol–water partition coefficient (Wildman–Crippen LogP) is 5.31. The van der Waals surface area contributed by atoms with Gasteiger partial charge in [0.1, 0.15) is 5.58 Å². The van der Waals surface area contributed by atoms with E-state index in [9.17, 15) is 18.0 Å². The molecule has 238 valence electrons. The average molecular weight is 643 g/mol. The molecule has 0 atom stereocenters. The molecule has 0 saturated carbocycles. The second-order valence-corrected chi connectivity index (χ2v) is 12.7. The minimum absolute atomic E-state index is 0.0543. The number of aryl methyl sites for hydroxylation is 1. The predicted molar refractivity (Wildman–Crippen MR) is 173 cm³/mol. The second-order valence-electron chi connectivity index (χ2n) is 10.9. The van der Waals surface area contributed by atoms with Crippen molar-refractivity contribution in [3.05, 3.63) is 108 Å². The number of fused-ring (bicyclic) bond motifs is 1. The molecular formula is C34H34N4O7S. The monoisotopic (exact) mass is 642 g/mol. The number of carbonyl (C=O) groups is 2. The summed E-state index contributed by atoms with van der Waals surface area (Å²) >= 11 is 0. The van der Waals surface area contributed by atoms with Gasteiger partial charge in [0.25, 0.3) is 15.9 Å². The van der Waals surface area contributed by atoms with Gasteiger partial charge in [0.05, 0.1) is 29.1 Å². The standard InChI is InChI=1S/C34H34N4O7S/c1-3-43-34(40)32-24(2)27-21-26(13-14-30(27)45-32)46(41,42)38(16-15-25-9-5-4-6-10-25)29-12-8-7-11-28(29)36-17-19-37(20-18-36)33(39)31-22-35-23-44-31/h4-14,21-23H,3,15-20H2,1-2H3. The molecule has 0 radical (unpaired) electrons. The van der Waals surface area contributed by atoms with Crippen LogP contribution < -0.4 is 9.21 Å². The van der Waals surface area contributed by atoms with E-state index in [0.717, 1.165) is 11.3 Å².